The zero-order chi connectivity index (χ0) is 15.0. The molecule has 0 spiro atoms. The third kappa shape index (κ3) is 2.41. The van der Waals surface area contributed by atoms with Gasteiger partial charge in [-0.25, -0.2) is 8.42 Å². The maximum atomic E-state index is 12.3. The van der Waals surface area contributed by atoms with Crippen molar-refractivity contribution in [3.05, 3.63) is 65.4 Å². The van der Waals surface area contributed by atoms with Gasteiger partial charge in [-0.1, -0.05) is 24.3 Å². The van der Waals surface area contributed by atoms with Gasteiger partial charge >= 0.3 is 0 Å². The Kier molecular flexibility index (Phi) is 3.03. The van der Waals surface area contributed by atoms with Crippen LogP contribution in [-0.4, -0.2) is 19.3 Å². The number of phenolic OH excluding ortho intramolecular Hbond substituents is 1. The van der Waals surface area contributed by atoms with Crippen molar-refractivity contribution in [3.8, 4) is 5.75 Å². The van der Waals surface area contributed by atoms with Crippen LogP contribution in [0.4, 0.5) is 0 Å². The molecule has 1 aliphatic heterocycles. The van der Waals surface area contributed by atoms with E-state index in [0.717, 1.165) is 0 Å². The quantitative estimate of drug-likeness (QED) is 0.788. The summed E-state index contributed by atoms with van der Waals surface area (Å²) in [4.78, 5) is 12.3. The molecule has 3 rings (SSSR count). The lowest BCUT2D eigenvalue weighted by Gasteiger charge is -2.19. The van der Waals surface area contributed by atoms with E-state index in [4.69, 9.17) is 0 Å². The Balaban J connectivity index is 2.13. The normalized spacial score (nSPS) is 18.1. The van der Waals surface area contributed by atoms with Crippen LogP contribution in [0, 0.1) is 0 Å². The highest BCUT2D eigenvalue weighted by atomic mass is 32.2. The molecular formula is C15H11NO4S. The van der Waals surface area contributed by atoms with Gasteiger partial charge in [-0.15, -0.1) is 0 Å². The first-order chi connectivity index (χ1) is 9.97. The monoisotopic (exact) mass is 301 g/mol. The van der Waals surface area contributed by atoms with Gasteiger partial charge in [0.25, 0.3) is 10.0 Å². The SMILES string of the molecule is O=C1C(=Cc2cccc(O)c2)NS(=O)(=O)c2ccccc21. The zero-order valence-corrected chi connectivity index (χ0v) is 11.6. The number of allylic oxidation sites excluding steroid dienone is 1. The van der Waals surface area contributed by atoms with E-state index >= 15 is 0 Å². The van der Waals surface area contributed by atoms with Crippen molar-refractivity contribution < 1.29 is 18.3 Å². The summed E-state index contributed by atoms with van der Waals surface area (Å²) in [5.41, 5.74) is 0.627. The van der Waals surface area contributed by atoms with Crippen LogP contribution in [0.2, 0.25) is 0 Å². The second-order valence-corrected chi connectivity index (χ2v) is 6.23. The molecule has 2 N–H and O–H groups in total. The molecular weight excluding hydrogens is 290 g/mol. The van der Waals surface area contributed by atoms with Crippen molar-refractivity contribution in [3.63, 3.8) is 0 Å². The first-order valence-corrected chi connectivity index (χ1v) is 7.63. The molecule has 0 aliphatic carbocycles. The predicted octanol–water partition coefficient (Wildman–Crippen LogP) is 1.91. The molecule has 0 radical (unpaired) electrons. The van der Waals surface area contributed by atoms with Crippen LogP contribution < -0.4 is 4.72 Å². The lowest BCUT2D eigenvalue weighted by Crippen LogP contribution is -2.34. The van der Waals surface area contributed by atoms with Crippen molar-refractivity contribution >= 4 is 21.9 Å². The maximum Gasteiger partial charge on any atom is 0.262 e. The molecule has 0 unspecified atom stereocenters. The molecule has 5 nitrogen and oxygen atoms in total. The predicted molar refractivity (Wildman–Crippen MR) is 77.2 cm³/mol. The number of hydrogen-bond acceptors (Lipinski definition) is 4. The number of nitrogens with one attached hydrogen (secondary N) is 1. The Morgan fingerprint density at radius 3 is 2.57 bits per heavy atom. The number of ketones is 1. The van der Waals surface area contributed by atoms with E-state index in [1.54, 1.807) is 24.3 Å². The molecule has 2 aromatic carbocycles. The first-order valence-electron chi connectivity index (χ1n) is 6.15. The van der Waals surface area contributed by atoms with Gasteiger partial charge in [0.1, 0.15) is 5.75 Å². The number of hydrogen-bond donors (Lipinski definition) is 2. The average Bonchev–Trinajstić information content (AvgIpc) is 2.44. The highest BCUT2D eigenvalue weighted by Crippen LogP contribution is 2.25. The van der Waals surface area contributed by atoms with Gasteiger partial charge in [0.15, 0.2) is 0 Å². The summed E-state index contributed by atoms with van der Waals surface area (Å²) >= 11 is 0. The fourth-order valence-electron chi connectivity index (χ4n) is 2.16. The topological polar surface area (TPSA) is 83.5 Å². The lowest BCUT2D eigenvalue weighted by atomic mass is 10.1. The molecule has 0 saturated carbocycles. The van der Waals surface area contributed by atoms with Crippen LogP contribution in [0.5, 0.6) is 5.75 Å². The van der Waals surface area contributed by atoms with Gasteiger partial charge in [-0.2, -0.15) is 0 Å². The third-order valence-corrected chi connectivity index (χ3v) is 4.52. The lowest BCUT2D eigenvalue weighted by molar-refractivity contribution is 0.102. The van der Waals surface area contributed by atoms with Crippen LogP contribution >= 0.6 is 0 Å². The van der Waals surface area contributed by atoms with E-state index in [1.807, 2.05) is 0 Å². The van der Waals surface area contributed by atoms with Crippen molar-refractivity contribution in [2.24, 2.45) is 0 Å². The van der Waals surface area contributed by atoms with Crippen LogP contribution in [0.15, 0.2) is 59.1 Å². The van der Waals surface area contributed by atoms with Crippen molar-refractivity contribution in [1.29, 1.82) is 0 Å². The van der Waals surface area contributed by atoms with Crippen LogP contribution in [0.3, 0.4) is 0 Å². The Hall–Kier alpha value is -2.60. The summed E-state index contributed by atoms with van der Waals surface area (Å²) in [7, 11) is -3.76. The standard InChI is InChI=1S/C15H11NO4S/c17-11-5-3-4-10(8-11)9-13-15(18)12-6-1-2-7-14(12)21(19,20)16-13/h1-9,16-17H. The van der Waals surface area contributed by atoms with Crippen molar-refractivity contribution in [2.45, 2.75) is 4.90 Å². The summed E-state index contributed by atoms with van der Waals surface area (Å²) in [6.45, 7) is 0. The highest BCUT2D eigenvalue weighted by molar-refractivity contribution is 7.90. The molecule has 0 fully saturated rings. The van der Waals surface area contributed by atoms with E-state index in [1.165, 1.54) is 30.3 Å². The Morgan fingerprint density at radius 2 is 1.81 bits per heavy atom. The average molecular weight is 301 g/mol. The largest absolute Gasteiger partial charge is 0.508 e. The van der Waals surface area contributed by atoms with E-state index in [-0.39, 0.29) is 21.9 Å². The van der Waals surface area contributed by atoms with E-state index in [2.05, 4.69) is 4.72 Å². The van der Waals surface area contributed by atoms with E-state index in [9.17, 15) is 18.3 Å². The van der Waals surface area contributed by atoms with Gasteiger partial charge in [0, 0.05) is 5.56 Å². The Bertz CT molecular complexity index is 869. The smallest absolute Gasteiger partial charge is 0.262 e. The van der Waals surface area contributed by atoms with Crippen molar-refractivity contribution in [1.82, 2.24) is 4.72 Å². The highest BCUT2D eigenvalue weighted by Gasteiger charge is 2.31. The van der Waals surface area contributed by atoms with Crippen LogP contribution in [-0.2, 0) is 10.0 Å². The molecule has 0 bridgehead atoms. The summed E-state index contributed by atoms with van der Waals surface area (Å²) in [6.07, 6.45) is 1.40. The number of fused-ring (bicyclic) bond motifs is 1. The third-order valence-electron chi connectivity index (χ3n) is 3.09. The Labute approximate surface area is 121 Å². The van der Waals surface area contributed by atoms with Crippen molar-refractivity contribution in [2.75, 3.05) is 0 Å². The van der Waals surface area contributed by atoms with Gasteiger partial charge in [0.05, 0.1) is 10.6 Å². The van der Waals surface area contributed by atoms with Crippen LogP contribution in [0.25, 0.3) is 6.08 Å². The fourth-order valence-corrected chi connectivity index (χ4v) is 3.42. The summed E-state index contributed by atoms with van der Waals surface area (Å²) < 4.78 is 26.5. The molecule has 1 heterocycles. The molecule has 0 atom stereocenters. The van der Waals surface area contributed by atoms with Gasteiger partial charge in [-0.3, -0.25) is 9.52 Å². The number of carbonyl (C=O) groups is 1. The molecule has 0 saturated heterocycles. The second-order valence-electron chi connectivity index (χ2n) is 4.58. The fraction of sp³-hybridized carbons (Fsp3) is 0. The number of rotatable bonds is 1. The minimum absolute atomic E-state index is 0.0249. The van der Waals surface area contributed by atoms with Crippen LogP contribution in [0.1, 0.15) is 15.9 Å². The van der Waals surface area contributed by atoms with E-state index in [0.29, 0.717) is 5.56 Å². The molecule has 21 heavy (non-hydrogen) atoms. The minimum Gasteiger partial charge on any atom is -0.508 e. The first kappa shape index (κ1) is 13.4. The molecule has 1 aliphatic rings. The van der Waals surface area contributed by atoms with Gasteiger partial charge in [-0.05, 0) is 35.9 Å². The van der Waals surface area contributed by atoms with Gasteiger partial charge < -0.3 is 5.11 Å². The number of carbonyl (C=O) groups excluding carboxylic acids is 1. The molecule has 106 valence electrons. The molecule has 0 aromatic heterocycles. The number of benzene rings is 2. The van der Waals surface area contributed by atoms with E-state index < -0.39 is 15.8 Å². The summed E-state index contributed by atoms with van der Waals surface area (Å²) in [5, 5.41) is 9.42. The number of phenols is 1. The molecule has 6 heteroatoms. The number of Topliss-reactive ketones (excluding diaryl/α,β-unsaturated/α-hetero) is 1. The van der Waals surface area contributed by atoms with Gasteiger partial charge in [0.2, 0.25) is 5.78 Å². The number of aromatic hydroxyl groups is 1. The molecule has 0 amide bonds. The second kappa shape index (κ2) is 4.75. The number of sulfonamides is 1. The minimum atomic E-state index is -3.76. The zero-order valence-electron chi connectivity index (χ0n) is 10.8. The summed E-state index contributed by atoms with van der Waals surface area (Å²) in [5.74, 6) is -0.361. The maximum absolute atomic E-state index is 12.3. The Morgan fingerprint density at radius 1 is 1.05 bits per heavy atom. The summed E-state index contributed by atoms with van der Waals surface area (Å²) in [6, 6.07) is 12.2. The molecule has 2 aromatic rings.